The topological polar surface area (TPSA) is 106 Å². The van der Waals surface area contributed by atoms with Crippen LogP contribution in [-0.2, 0) is 25.8 Å². The molecule has 3 fully saturated rings. The van der Waals surface area contributed by atoms with Crippen molar-refractivity contribution in [2.45, 2.75) is 90.7 Å². The molecule has 230 valence electrons. The van der Waals surface area contributed by atoms with Crippen LogP contribution in [0.1, 0.15) is 76.1 Å². The van der Waals surface area contributed by atoms with Crippen LogP contribution in [-0.4, -0.2) is 39.5 Å². The lowest BCUT2D eigenvalue weighted by Crippen LogP contribution is -2.56. The van der Waals surface area contributed by atoms with E-state index in [0.717, 1.165) is 55.3 Å². The minimum absolute atomic E-state index is 0.00952. The molecule has 3 unspecified atom stereocenters. The monoisotopic (exact) mass is 587 g/mol. The molecule has 0 spiro atoms. The first kappa shape index (κ1) is 28.6. The average Bonchev–Trinajstić information content (AvgIpc) is 3.23. The number of hydrogen-bond donors (Lipinski definition) is 2. The quantitative estimate of drug-likeness (QED) is 0.433. The van der Waals surface area contributed by atoms with Crippen molar-refractivity contribution in [3.63, 3.8) is 0 Å². The van der Waals surface area contributed by atoms with E-state index in [9.17, 15) is 14.7 Å². The molecule has 8 nitrogen and oxygen atoms in total. The van der Waals surface area contributed by atoms with Gasteiger partial charge < -0.3 is 14.6 Å². The van der Waals surface area contributed by atoms with Gasteiger partial charge in [0.2, 0.25) is 0 Å². The van der Waals surface area contributed by atoms with Crippen LogP contribution in [0.2, 0.25) is 0 Å². The molecule has 43 heavy (non-hydrogen) atoms. The van der Waals surface area contributed by atoms with E-state index in [1.54, 1.807) is 18.8 Å². The molecular weight excluding hydrogens is 542 g/mol. The Bertz CT molecular complexity index is 1710. The Labute approximate surface area is 252 Å². The predicted molar refractivity (Wildman–Crippen MR) is 166 cm³/mol. The molecule has 7 atom stereocenters. The van der Waals surface area contributed by atoms with Crippen molar-refractivity contribution in [3.8, 4) is 11.5 Å². The van der Waals surface area contributed by atoms with Crippen LogP contribution >= 0.6 is 0 Å². The molecule has 2 N–H and O–H groups in total. The van der Waals surface area contributed by atoms with E-state index in [0.29, 0.717) is 59.2 Å². The summed E-state index contributed by atoms with van der Waals surface area (Å²) in [4.78, 5) is 33.8. The minimum Gasteiger partial charge on any atom is -0.493 e. The molecule has 1 aromatic carbocycles. The highest BCUT2D eigenvalue weighted by Gasteiger charge is 2.63. The fraction of sp³-hybridized carbons (Fsp3) is 0.629. The molecule has 4 aliphatic rings. The summed E-state index contributed by atoms with van der Waals surface area (Å²) in [6, 6.07) is 7.78. The lowest BCUT2D eigenvalue weighted by Gasteiger charge is -2.61. The fourth-order valence-electron chi connectivity index (χ4n) is 10.1. The molecule has 2 aromatic heterocycles. The molecule has 2 heterocycles. The number of H-pyrrole nitrogens is 1. The summed E-state index contributed by atoms with van der Waals surface area (Å²) in [5, 5.41) is 11.8. The molecule has 8 heteroatoms. The molecule has 0 saturated heterocycles. The second kappa shape index (κ2) is 9.94. The van der Waals surface area contributed by atoms with Crippen molar-refractivity contribution in [2.75, 3.05) is 14.2 Å². The first-order chi connectivity index (χ1) is 20.5. The number of hydrogen-bond acceptors (Lipinski definition) is 6. The number of nitrogens with one attached hydrogen (secondary N) is 1. The summed E-state index contributed by atoms with van der Waals surface area (Å²) >= 11 is 0. The van der Waals surface area contributed by atoms with E-state index in [4.69, 9.17) is 14.5 Å². The highest BCUT2D eigenvalue weighted by atomic mass is 16.5. The van der Waals surface area contributed by atoms with Gasteiger partial charge in [0, 0.05) is 12.2 Å². The second-order valence-corrected chi connectivity index (χ2v) is 14.6. The van der Waals surface area contributed by atoms with Crippen LogP contribution in [0.15, 0.2) is 33.9 Å². The zero-order valence-corrected chi connectivity index (χ0v) is 26.2. The lowest BCUT2D eigenvalue weighted by molar-refractivity contribution is -0.139. The van der Waals surface area contributed by atoms with Gasteiger partial charge in [0.25, 0.3) is 5.56 Å². The van der Waals surface area contributed by atoms with Crippen molar-refractivity contribution in [1.29, 1.82) is 0 Å². The van der Waals surface area contributed by atoms with Gasteiger partial charge in [-0.2, -0.15) is 0 Å². The lowest BCUT2D eigenvalue weighted by atomic mass is 9.44. The van der Waals surface area contributed by atoms with E-state index >= 15 is 0 Å². The number of benzene rings is 1. The predicted octanol–water partition coefficient (Wildman–Crippen LogP) is 5.05. The van der Waals surface area contributed by atoms with Gasteiger partial charge in [0.05, 0.1) is 25.2 Å². The molecule has 3 saturated carbocycles. The van der Waals surface area contributed by atoms with Crippen molar-refractivity contribution < 1.29 is 14.6 Å². The molecule has 7 rings (SSSR count). The van der Waals surface area contributed by atoms with Crippen molar-refractivity contribution >= 4 is 11.0 Å². The summed E-state index contributed by atoms with van der Waals surface area (Å²) in [6.07, 6.45) is 9.07. The van der Waals surface area contributed by atoms with Gasteiger partial charge in [-0.3, -0.25) is 14.3 Å². The van der Waals surface area contributed by atoms with Crippen LogP contribution in [0.3, 0.4) is 0 Å². The van der Waals surface area contributed by atoms with Gasteiger partial charge in [-0.05, 0) is 129 Å². The smallest absolute Gasteiger partial charge is 0.330 e. The SMILES string of the molecule is COc1ccc(CCn2c(=O)[nH]c(=O)c3cc4c(nc32)C[C@@H]2CCC3C5CC[C@](C)(O)[C@@]5(C)CCC3[C@@]2(C)C4)cc1OC. The molecule has 0 aliphatic heterocycles. The van der Waals surface area contributed by atoms with Gasteiger partial charge in [0.15, 0.2) is 11.5 Å². The summed E-state index contributed by atoms with van der Waals surface area (Å²) in [5.41, 5.74) is 2.48. The summed E-state index contributed by atoms with van der Waals surface area (Å²) < 4.78 is 12.4. The zero-order chi connectivity index (χ0) is 30.3. The number of nitrogens with zero attached hydrogens (tertiary/aromatic N) is 2. The van der Waals surface area contributed by atoms with Crippen LogP contribution in [0, 0.1) is 34.5 Å². The number of aromatic amines is 1. The molecule has 3 aromatic rings. The minimum atomic E-state index is -0.571. The maximum Gasteiger partial charge on any atom is 0.330 e. The zero-order valence-electron chi connectivity index (χ0n) is 26.2. The van der Waals surface area contributed by atoms with Gasteiger partial charge in [-0.15, -0.1) is 0 Å². The van der Waals surface area contributed by atoms with E-state index < -0.39 is 11.3 Å². The van der Waals surface area contributed by atoms with Gasteiger partial charge in [-0.1, -0.05) is 19.9 Å². The summed E-state index contributed by atoms with van der Waals surface area (Å²) in [7, 11) is 3.21. The average molecular weight is 588 g/mol. The first-order valence-corrected chi connectivity index (χ1v) is 16.1. The van der Waals surface area contributed by atoms with Crippen LogP contribution in [0.4, 0.5) is 0 Å². The second-order valence-electron chi connectivity index (χ2n) is 14.6. The molecule has 4 aliphatic carbocycles. The van der Waals surface area contributed by atoms with Crippen molar-refractivity contribution in [1.82, 2.24) is 14.5 Å². The highest BCUT2D eigenvalue weighted by molar-refractivity contribution is 5.75. The van der Waals surface area contributed by atoms with Crippen LogP contribution in [0.5, 0.6) is 11.5 Å². The van der Waals surface area contributed by atoms with E-state index in [-0.39, 0.29) is 16.4 Å². The Kier molecular flexibility index (Phi) is 6.62. The number of aromatic nitrogens is 3. The molecular formula is C35H45N3O5. The summed E-state index contributed by atoms with van der Waals surface area (Å²) in [5.74, 6) is 3.68. The largest absolute Gasteiger partial charge is 0.493 e. The normalized spacial score (nSPS) is 34.7. The standard InChI is InChI=1S/C35H45N3O5/c1-33-19-21-17-24-30(38(32(40)37-31(24)39)15-12-20-6-9-28(42-4)29(16-20)43-5)36-27(21)18-22(33)7-8-23-25(33)10-13-34(2)26(23)11-14-35(34,3)41/h6,9,16-17,22-23,25-26,41H,7-8,10-15,18-19H2,1-5H3,(H,37,39,40)/t22-,23?,25?,26?,33-,34-,35-/m0/s1. The third-order valence-electron chi connectivity index (χ3n) is 12.8. The van der Waals surface area contributed by atoms with Crippen molar-refractivity contribution in [2.24, 2.45) is 34.5 Å². The first-order valence-electron chi connectivity index (χ1n) is 16.1. The molecule has 0 radical (unpaired) electrons. The number of aliphatic hydroxyl groups is 1. The van der Waals surface area contributed by atoms with E-state index in [2.05, 4.69) is 25.8 Å². The Morgan fingerprint density at radius 2 is 1.77 bits per heavy atom. The third-order valence-corrected chi connectivity index (χ3v) is 12.8. The van der Waals surface area contributed by atoms with Gasteiger partial charge in [0.1, 0.15) is 5.65 Å². The molecule has 0 amide bonds. The number of ether oxygens (including phenoxy) is 2. The Morgan fingerprint density at radius 1 is 1.00 bits per heavy atom. The fourth-order valence-corrected chi connectivity index (χ4v) is 10.1. The van der Waals surface area contributed by atoms with Gasteiger partial charge in [-0.25, -0.2) is 9.78 Å². The van der Waals surface area contributed by atoms with Crippen LogP contribution in [0.25, 0.3) is 11.0 Å². The third kappa shape index (κ3) is 4.22. The van der Waals surface area contributed by atoms with Gasteiger partial charge >= 0.3 is 5.69 Å². The number of pyridine rings is 1. The molecule has 0 bridgehead atoms. The maximum absolute atomic E-state index is 13.1. The maximum atomic E-state index is 13.1. The Hall–Kier alpha value is -3.13. The number of methoxy groups -OCH3 is 2. The number of aryl methyl sites for hydroxylation is 2. The van der Waals surface area contributed by atoms with Crippen LogP contribution < -0.4 is 20.7 Å². The van der Waals surface area contributed by atoms with Crippen molar-refractivity contribution in [3.05, 3.63) is 61.9 Å². The highest BCUT2D eigenvalue weighted by Crippen LogP contribution is 2.67. The van der Waals surface area contributed by atoms with E-state index in [1.165, 1.54) is 12.8 Å². The summed E-state index contributed by atoms with van der Waals surface area (Å²) in [6.45, 7) is 7.30. The number of fused-ring (bicyclic) bond motifs is 7. The number of rotatable bonds is 5. The van der Waals surface area contributed by atoms with E-state index in [1.807, 2.05) is 24.3 Å². The Morgan fingerprint density at radius 3 is 2.53 bits per heavy atom. The Balaban J connectivity index is 1.21.